The molecule has 2 aromatic rings. The van der Waals surface area contributed by atoms with Crippen LogP contribution in [-0.2, 0) is 6.42 Å². The summed E-state index contributed by atoms with van der Waals surface area (Å²) in [4.78, 5) is 4.60. The maximum atomic E-state index is 6.21. The number of hydrogen-bond acceptors (Lipinski definition) is 6. The lowest BCUT2D eigenvalue weighted by Gasteiger charge is -2.14. The van der Waals surface area contributed by atoms with Crippen LogP contribution in [0.15, 0.2) is 43.8 Å². The molecule has 0 aliphatic heterocycles. The van der Waals surface area contributed by atoms with Gasteiger partial charge in [-0.05, 0) is 66.8 Å². The van der Waals surface area contributed by atoms with Gasteiger partial charge in [0.05, 0.1) is 11.4 Å². The average Bonchev–Trinajstić information content (AvgIpc) is 2.57. The van der Waals surface area contributed by atoms with E-state index >= 15 is 0 Å². The molecule has 4 N–H and O–H groups in total. The molecule has 0 heterocycles. The molecule has 0 radical (unpaired) electrons. The van der Waals surface area contributed by atoms with E-state index in [0.29, 0.717) is 0 Å². The maximum absolute atomic E-state index is 6.21. The van der Waals surface area contributed by atoms with Gasteiger partial charge < -0.3 is 11.5 Å². The van der Waals surface area contributed by atoms with Crippen LogP contribution in [0.4, 0.5) is 11.4 Å². The van der Waals surface area contributed by atoms with E-state index < -0.39 is 0 Å². The van der Waals surface area contributed by atoms with Crippen molar-refractivity contribution >= 4 is 58.4 Å². The maximum Gasteiger partial charge on any atom is 0.0590 e. The fourth-order valence-corrected chi connectivity index (χ4v) is 4.95. The van der Waals surface area contributed by atoms with Gasteiger partial charge >= 0.3 is 0 Å². The van der Waals surface area contributed by atoms with Crippen molar-refractivity contribution in [2.24, 2.45) is 0 Å². The first-order valence-corrected chi connectivity index (χ1v) is 11.9. The van der Waals surface area contributed by atoms with Crippen LogP contribution in [0.1, 0.15) is 11.1 Å². The van der Waals surface area contributed by atoms with Crippen molar-refractivity contribution in [1.82, 2.24) is 0 Å². The number of anilines is 2. The van der Waals surface area contributed by atoms with Crippen LogP contribution >= 0.6 is 47.0 Å². The molecule has 0 bridgehead atoms. The smallest absolute Gasteiger partial charge is 0.0590 e. The van der Waals surface area contributed by atoms with E-state index in [4.69, 9.17) is 11.5 Å². The van der Waals surface area contributed by atoms with Crippen LogP contribution < -0.4 is 11.5 Å². The van der Waals surface area contributed by atoms with Gasteiger partial charge in [-0.2, -0.15) is 0 Å². The first kappa shape index (κ1) is 18.8. The van der Waals surface area contributed by atoms with Gasteiger partial charge in [-0.3, -0.25) is 0 Å². The molecule has 0 spiro atoms. The number of thioether (sulfide) groups is 4. The highest BCUT2D eigenvalue weighted by atomic mass is 32.2. The molecule has 6 heteroatoms. The van der Waals surface area contributed by atoms with Gasteiger partial charge in [0, 0.05) is 19.6 Å². The number of nitrogen functional groups attached to an aromatic ring is 2. The summed E-state index contributed by atoms with van der Waals surface area (Å²) in [6.45, 7) is 0. The Hall–Kier alpha value is -0.560. The van der Waals surface area contributed by atoms with E-state index in [9.17, 15) is 0 Å². The largest absolute Gasteiger partial charge is 0.397 e. The summed E-state index contributed by atoms with van der Waals surface area (Å²) in [5, 5.41) is 0. The van der Waals surface area contributed by atoms with Crippen molar-refractivity contribution in [3.8, 4) is 0 Å². The fraction of sp³-hybridized carbons (Fsp3) is 0.294. The third-order valence-electron chi connectivity index (χ3n) is 3.62. The molecule has 0 saturated carbocycles. The van der Waals surface area contributed by atoms with Gasteiger partial charge in [0.1, 0.15) is 0 Å². The minimum Gasteiger partial charge on any atom is -0.397 e. The van der Waals surface area contributed by atoms with Gasteiger partial charge in [-0.1, -0.05) is 0 Å². The summed E-state index contributed by atoms with van der Waals surface area (Å²) in [6, 6.07) is 8.81. The quantitative estimate of drug-likeness (QED) is 0.520. The molecule has 23 heavy (non-hydrogen) atoms. The fourth-order valence-electron chi connectivity index (χ4n) is 2.43. The summed E-state index contributed by atoms with van der Waals surface area (Å²) >= 11 is 6.80. The lowest BCUT2D eigenvalue weighted by molar-refractivity contribution is 1.12. The van der Waals surface area contributed by atoms with Gasteiger partial charge in [-0.25, -0.2) is 0 Å². The van der Waals surface area contributed by atoms with Crippen molar-refractivity contribution in [3.05, 3.63) is 35.4 Å². The lowest BCUT2D eigenvalue weighted by atomic mass is 10.0. The monoisotopic (exact) mass is 382 g/mol. The third kappa shape index (κ3) is 4.29. The van der Waals surface area contributed by atoms with E-state index in [2.05, 4.69) is 49.3 Å². The number of nitrogens with two attached hydrogens (primary N) is 2. The van der Waals surface area contributed by atoms with Crippen molar-refractivity contribution < 1.29 is 0 Å². The Labute approximate surface area is 155 Å². The normalized spacial score (nSPS) is 11.0. The number of rotatable bonds is 6. The summed E-state index contributed by atoms with van der Waals surface area (Å²) in [6.07, 6.45) is 9.17. The van der Waals surface area contributed by atoms with Crippen molar-refractivity contribution in [2.75, 3.05) is 36.5 Å². The molecular formula is C17H22N2S4. The molecule has 0 unspecified atom stereocenters. The first-order chi connectivity index (χ1) is 11.0. The Kier molecular flexibility index (Phi) is 6.95. The standard InChI is InChI=1S/C17H22N2S4/c1-20-12-6-10(7-13(21-2)16(12)18)5-11-8-14(22-3)17(19)15(9-11)23-4/h6-9H,5,18-19H2,1-4H3. The third-order valence-corrected chi connectivity index (χ3v) is 6.73. The van der Waals surface area contributed by atoms with Crippen LogP contribution in [0.5, 0.6) is 0 Å². The van der Waals surface area contributed by atoms with E-state index in [0.717, 1.165) is 37.4 Å². The van der Waals surface area contributed by atoms with Crippen molar-refractivity contribution in [1.29, 1.82) is 0 Å². The Morgan fingerprint density at radius 3 is 1.09 bits per heavy atom. The second-order valence-electron chi connectivity index (χ2n) is 5.00. The van der Waals surface area contributed by atoms with Gasteiger partial charge in [0.25, 0.3) is 0 Å². The topological polar surface area (TPSA) is 52.0 Å². The molecule has 0 aliphatic rings. The summed E-state index contributed by atoms with van der Waals surface area (Å²) in [5.74, 6) is 0. The molecular weight excluding hydrogens is 360 g/mol. The molecule has 0 fully saturated rings. The molecule has 2 rings (SSSR count). The zero-order valence-electron chi connectivity index (χ0n) is 13.8. The molecule has 2 aromatic carbocycles. The Bertz CT molecular complexity index is 591. The van der Waals surface area contributed by atoms with E-state index in [1.807, 2.05) is 0 Å². The minimum absolute atomic E-state index is 0.890. The van der Waals surface area contributed by atoms with E-state index in [1.54, 1.807) is 47.0 Å². The highest BCUT2D eigenvalue weighted by molar-refractivity contribution is 8.00. The Balaban J connectivity index is 2.43. The highest BCUT2D eigenvalue weighted by Crippen LogP contribution is 2.36. The minimum atomic E-state index is 0.890. The predicted octanol–water partition coefficient (Wildman–Crippen LogP) is 5.33. The zero-order chi connectivity index (χ0) is 17.0. The van der Waals surface area contributed by atoms with Crippen LogP contribution in [0.3, 0.4) is 0 Å². The van der Waals surface area contributed by atoms with Crippen LogP contribution in [0.25, 0.3) is 0 Å². The molecule has 0 aromatic heterocycles. The molecule has 0 aliphatic carbocycles. The predicted molar refractivity (Wildman–Crippen MR) is 112 cm³/mol. The number of benzene rings is 2. The van der Waals surface area contributed by atoms with Crippen LogP contribution in [0, 0.1) is 0 Å². The molecule has 2 nitrogen and oxygen atoms in total. The average molecular weight is 383 g/mol. The van der Waals surface area contributed by atoms with Gasteiger partial charge in [-0.15, -0.1) is 47.0 Å². The molecule has 0 amide bonds. The Morgan fingerprint density at radius 2 is 0.870 bits per heavy atom. The lowest BCUT2D eigenvalue weighted by Crippen LogP contribution is -1.98. The van der Waals surface area contributed by atoms with E-state index in [1.165, 1.54) is 11.1 Å². The van der Waals surface area contributed by atoms with Crippen molar-refractivity contribution in [2.45, 2.75) is 26.0 Å². The second kappa shape index (κ2) is 8.51. The van der Waals surface area contributed by atoms with Crippen LogP contribution in [0.2, 0.25) is 0 Å². The van der Waals surface area contributed by atoms with E-state index in [-0.39, 0.29) is 0 Å². The van der Waals surface area contributed by atoms with Gasteiger partial charge in [0.2, 0.25) is 0 Å². The van der Waals surface area contributed by atoms with Crippen molar-refractivity contribution in [3.63, 3.8) is 0 Å². The van der Waals surface area contributed by atoms with Crippen LogP contribution in [-0.4, -0.2) is 25.0 Å². The second-order valence-corrected chi connectivity index (χ2v) is 8.40. The summed E-state index contributed by atoms with van der Waals surface area (Å²) in [7, 11) is 0. The molecule has 124 valence electrons. The molecule has 0 saturated heterocycles. The Morgan fingerprint density at radius 1 is 0.609 bits per heavy atom. The first-order valence-electron chi connectivity index (χ1n) is 7.04. The molecule has 0 atom stereocenters. The summed E-state index contributed by atoms with van der Waals surface area (Å²) < 4.78 is 0. The highest BCUT2D eigenvalue weighted by Gasteiger charge is 2.11. The van der Waals surface area contributed by atoms with Gasteiger partial charge in [0.15, 0.2) is 0 Å². The summed E-state index contributed by atoms with van der Waals surface area (Å²) in [5.41, 5.74) is 16.8. The number of hydrogen-bond donors (Lipinski definition) is 2. The SMILES string of the molecule is CSc1cc(Cc2cc(SC)c(N)c(SC)c2)cc(SC)c1N. The zero-order valence-corrected chi connectivity index (χ0v) is 17.1.